The molecule has 0 spiro atoms. The molecule has 4 rings (SSSR count). The molecule has 2 aliphatic heterocycles. The van der Waals surface area contributed by atoms with E-state index in [9.17, 15) is 4.79 Å². The summed E-state index contributed by atoms with van der Waals surface area (Å²) in [4.78, 5) is 14.8. The van der Waals surface area contributed by atoms with Crippen LogP contribution in [-0.2, 0) is 6.54 Å². The van der Waals surface area contributed by atoms with Gasteiger partial charge in [0.05, 0.1) is 13.2 Å². The zero-order valence-corrected chi connectivity index (χ0v) is 14.5. The van der Waals surface area contributed by atoms with Crippen molar-refractivity contribution < 1.29 is 9.53 Å². The summed E-state index contributed by atoms with van der Waals surface area (Å²) < 4.78 is 7.22. The molecule has 3 heterocycles. The lowest BCUT2D eigenvalue weighted by molar-refractivity contribution is 0.120. The first-order chi connectivity index (χ1) is 12.2. The van der Waals surface area contributed by atoms with Gasteiger partial charge in [0.1, 0.15) is 5.75 Å². The molecule has 25 heavy (non-hydrogen) atoms. The van der Waals surface area contributed by atoms with Crippen LogP contribution in [-0.4, -0.2) is 39.9 Å². The van der Waals surface area contributed by atoms with Crippen molar-refractivity contribution in [1.29, 1.82) is 0 Å². The van der Waals surface area contributed by atoms with Crippen LogP contribution >= 0.6 is 0 Å². The lowest BCUT2D eigenvalue weighted by Gasteiger charge is -2.39. The average Bonchev–Trinajstić information content (AvgIpc) is 3.27. The summed E-state index contributed by atoms with van der Waals surface area (Å²) >= 11 is 0. The number of nitrogens with one attached hydrogen (secondary N) is 1. The van der Waals surface area contributed by atoms with E-state index in [2.05, 4.69) is 20.0 Å². The molecule has 2 bridgehead atoms. The van der Waals surface area contributed by atoms with Gasteiger partial charge in [-0.15, -0.1) is 0 Å². The first kappa shape index (κ1) is 16.0. The number of fused-ring (bicyclic) bond motifs is 2. The summed E-state index contributed by atoms with van der Waals surface area (Å²) in [5.74, 6) is 0.828. The lowest BCUT2D eigenvalue weighted by Crippen LogP contribution is -2.50. The van der Waals surface area contributed by atoms with Crippen molar-refractivity contribution in [3.8, 4) is 5.75 Å². The van der Waals surface area contributed by atoms with E-state index in [4.69, 9.17) is 4.74 Å². The number of ether oxygens (including phenoxy) is 1. The average molecular weight is 340 g/mol. The molecule has 1 N–H and O–H groups in total. The monoisotopic (exact) mass is 340 g/mol. The second-order valence-electron chi connectivity index (χ2n) is 6.91. The minimum atomic E-state index is 0.0576. The Morgan fingerprint density at radius 1 is 1.20 bits per heavy atom. The van der Waals surface area contributed by atoms with Crippen LogP contribution in [0.15, 0.2) is 42.7 Å². The highest BCUT2D eigenvalue weighted by atomic mass is 16.5. The van der Waals surface area contributed by atoms with Gasteiger partial charge in [-0.1, -0.05) is 12.1 Å². The Bertz CT molecular complexity index is 700. The molecule has 6 heteroatoms. The van der Waals surface area contributed by atoms with E-state index in [0.717, 1.165) is 37.0 Å². The van der Waals surface area contributed by atoms with Gasteiger partial charge in [-0.05, 0) is 49.4 Å². The standard InChI is InChI=1S/C19H24N4O2/c1-25-18-7-3-14(4-8-18)13-20-19(24)23-15-5-6-16(23)12-17(11-15)22-10-2-9-21-22/h2-4,7-10,15-17H,5-6,11-13H2,1H3,(H,20,24). The highest BCUT2D eigenvalue weighted by Gasteiger charge is 2.43. The van der Waals surface area contributed by atoms with Gasteiger partial charge in [0, 0.05) is 31.0 Å². The molecule has 0 radical (unpaired) electrons. The molecule has 2 aromatic rings. The summed E-state index contributed by atoms with van der Waals surface area (Å²) in [6.45, 7) is 0.543. The molecule has 0 aliphatic carbocycles. The maximum Gasteiger partial charge on any atom is 0.318 e. The van der Waals surface area contributed by atoms with Gasteiger partial charge in [-0.2, -0.15) is 5.10 Å². The number of benzene rings is 1. The van der Waals surface area contributed by atoms with Crippen molar-refractivity contribution in [3.63, 3.8) is 0 Å². The SMILES string of the molecule is COc1ccc(CNC(=O)N2C3CCC2CC(n2cccn2)C3)cc1. The number of nitrogens with zero attached hydrogens (tertiary/aromatic N) is 3. The molecule has 2 amide bonds. The number of hydrogen-bond acceptors (Lipinski definition) is 3. The Balaban J connectivity index is 1.36. The Hall–Kier alpha value is -2.50. The van der Waals surface area contributed by atoms with Crippen molar-refractivity contribution in [1.82, 2.24) is 20.0 Å². The van der Waals surface area contributed by atoms with Crippen molar-refractivity contribution in [3.05, 3.63) is 48.3 Å². The van der Waals surface area contributed by atoms with Crippen LogP contribution in [0.3, 0.4) is 0 Å². The molecule has 6 nitrogen and oxygen atoms in total. The third kappa shape index (κ3) is 3.21. The normalized spacial score (nSPS) is 25.0. The maximum atomic E-state index is 12.7. The largest absolute Gasteiger partial charge is 0.497 e. The summed E-state index contributed by atoms with van der Waals surface area (Å²) in [6, 6.07) is 10.9. The minimum absolute atomic E-state index is 0.0576. The number of amides is 2. The Labute approximate surface area is 147 Å². The van der Waals surface area contributed by atoms with Crippen molar-refractivity contribution >= 4 is 6.03 Å². The first-order valence-electron chi connectivity index (χ1n) is 8.93. The van der Waals surface area contributed by atoms with Gasteiger partial charge in [-0.25, -0.2) is 4.79 Å². The molecular formula is C19H24N4O2. The number of aromatic nitrogens is 2. The fraction of sp³-hybridized carbons (Fsp3) is 0.474. The number of rotatable bonds is 4. The van der Waals surface area contributed by atoms with Crippen LogP contribution in [0.4, 0.5) is 4.79 Å². The minimum Gasteiger partial charge on any atom is -0.497 e. The van der Waals surface area contributed by atoms with Crippen molar-refractivity contribution in [2.24, 2.45) is 0 Å². The fourth-order valence-electron chi connectivity index (χ4n) is 4.20. The van der Waals surface area contributed by atoms with Crippen LogP contribution in [0.5, 0.6) is 5.75 Å². The van der Waals surface area contributed by atoms with Crippen LogP contribution in [0.2, 0.25) is 0 Å². The van der Waals surface area contributed by atoms with E-state index in [1.54, 1.807) is 7.11 Å². The highest BCUT2D eigenvalue weighted by Crippen LogP contribution is 2.40. The molecule has 2 unspecified atom stereocenters. The van der Waals surface area contributed by atoms with Gasteiger partial charge in [0.15, 0.2) is 0 Å². The maximum absolute atomic E-state index is 12.7. The molecular weight excluding hydrogens is 316 g/mol. The van der Waals surface area contributed by atoms with Gasteiger partial charge in [-0.3, -0.25) is 4.68 Å². The Morgan fingerprint density at radius 2 is 1.92 bits per heavy atom. The quantitative estimate of drug-likeness (QED) is 0.931. The smallest absolute Gasteiger partial charge is 0.318 e. The molecule has 2 atom stereocenters. The van der Waals surface area contributed by atoms with Crippen LogP contribution in [0.1, 0.15) is 37.3 Å². The molecule has 1 aromatic heterocycles. The van der Waals surface area contributed by atoms with E-state index in [1.165, 1.54) is 0 Å². The van der Waals surface area contributed by atoms with E-state index in [0.29, 0.717) is 24.7 Å². The van der Waals surface area contributed by atoms with Crippen molar-refractivity contribution in [2.45, 2.75) is 50.4 Å². The predicted octanol–water partition coefficient (Wildman–Crippen LogP) is 2.97. The molecule has 1 aromatic carbocycles. The lowest BCUT2D eigenvalue weighted by atomic mass is 9.98. The fourth-order valence-corrected chi connectivity index (χ4v) is 4.20. The number of hydrogen-bond donors (Lipinski definition) is 1. The van der Waals surface area contributed by atoms with Crippen LogP contribution < -0.4 is 10.1 Å². The van der Waals surface area contributed by atoms with Crippen molar-refractivity contribution in [2.75, 3.05) is 7.11 Å². The zero-order valence-electron chi connectivity index (χ0n) is 14.5. The van der Waals surface area contributed by atoms with Gasteiger partial charge < -0.3 is 15.0 Å². The summed E-state index contributed by atoms with van der Waals surface area (Å²) in [7, 11) is 1.65. The predicted molar refractivity (Wildman–Crippen MR) is 94.4 cm³/mol. The van der Waals surface area contributed by atoms with Gasteiger partial charge in [0.2, 0.25) is 0 Å². The molecule has 132 valence electrons. The van der Waals surface area contributed by atoms with Crippen LogP contribution in [0.25, 0.3) is 0 Å². The topological polar surface area (TPSA) is 59.4 Å². The van der Waals surface area contributed by atoms with Crippen LogP contribution in [0, 0.1) is 0 Å². The first-order valence-corrected chi connectivity index (χ1v) is 8.93. The van der Waals surface area contributed by atoms with E-state index in [-0.39, 0.29) is 6.03 Å². The molecule has 2 aliphatic rings. The number of methoxy groups -OCH3 is 1. The molecule has 2 saturated heterocycles. The second kappa shape index (κ2) is 6.78. The van der Waals surface area contributed by atoms with E-state index < -0.39 is 0 Å². The summed E-state index contributed by atoms with van der Waals surface area (Å²) in [5, 5.41) is 7.46. The number of carbonyl (C=O) groups is 1. The van der Waals surface area contributed by atoms with Gasteiger partial charge >= 0.3 is 6.03 Å². The zero-order chi connectivity index (χ0) is 17.2. The van der Waals surface area contributed by atoms with E-state index in [1.807, 2.05) is 42.7 Å². The van der Waals surface area contributed by atoms with E-state index >= 15 is 0 Å². The highest BCUT2D eigenvalue weighted by molar-refractivity contribution is 5.75. The molecule has 2 fully saturated rings. The number of carbonyl (C=O) groups excluding carboxylic acids is 1. The van der Waals surface area contributed by atoms with Gasteiger partial charge in [0.25, 0.3) is 0 Å². The Kier molecular flexibility index (Phi) is 4.34. The number of urea groups is 1. The molecule has 0 saturated carbocycles. The third-order valence-corrected chi connectivity index (χ3v) is 5.44. The summed E-state index contributed by atoms with van der Waals surface area (Å²) in [5.41, 5.74) is 1.08. The number of piperidine rings is 1. The third-order valence-electron chi connectivity index (χ3n) is 5.44. The summed E-state index contributed by atoms with van der Waals surface area (Å²) in [6.07, 6.45) is 8.04. The Morgan fingerprint density at radius 3 is 2.52 bits per heavy atom. The second-order valence-corrected chi connectivity index (χ2v) is 6.91.